The van der Waals surface area contributed by atoms with E-state index >= 15 is 0 Å². The second-order valence-corrected chi connectivity index (χ2v) is 6.40. The average Bonchev–Trinajstić information content (AvgIpc) is 2.50. The topological polar surface area (TPSA) is 38.3 Å². The normalized spacial score (nSPS) is 12.0. The Morgan fingerprint density at radius 2 is 1.59 bits per heavy atom. The maximum absolute atomic E-state index is 12.2. The Hall–Kier alpha value is -1.81. The van der Waals surface area contributed by atoms with Gasteiger partial charge >= 0.3 is 0 Å². The van der Waals surface area contributed by atoms with Crippen LogP contribution in [-0.2, 0) is 4.79 Å². The van der Waals surface area contributed by atoms with Gasteiger partial charge in [-0.25, -0.2) is 0 Å². The van der Waals surface area contributed by atoms with Crippen LogP contribution in [0, 0.1) is 0 Å². The summed E-state index contributed by atoms with van der Waals surface area (Å²) in [5, 5.41) is 2.87. The van der Waals surface area contributed by atoms with Crippen LogP contribution in [0.25, 0.3) is 0 Å². The molecule has 2 rings (SSSR count). The largest absolute Gasteiger partial charge is 0.481 e. The molecule has 4 heteroatoms. The average molecular weight is 362 g/mol. The Labute approximate surface area is 139 Å². The monoisotopic (exact) mass is 361 g/mol. The van der Waals surface area contributed by atoms with Crippen LogP contribution in [0.15, 0.2) is 53.0 Å². The van der Waals surface area contributed by atoms with E-state index in [4.69, 9.17) is 4.74 Å². The van der Waals surface area contributed by atoms with E-state index in [2.05, 4.69) is 35.1 Å². The van der Waals surface area contributed by atoms with Crippen molar-refractivity contribution >= 4 is 27.5 Å². The lowest BCUT2D eigenvalue weighted by Crippen LogP contribution is -2.30. The number of carbonyl (C=O) groups is 1. The predicted octanol–water partition coefficient (Wildman–Crippen LogP) is 4.98. The summed E-state index contributed by atoms with van der Waals surface area (Å²) in [6, 6.07) is 15.3. The zero-order valence-electron chi connectivity index (χ0n) is 13.0. The van der Waals surface area contributed by atoms with Crippen molar-refractivity contribution in [3.05, 3.63) is 58.6 Å². The molecule has 1 atom stereocenters. The Kier molecular flexibility index (Phi) is 5.61. The fourth-order valence-corrected chi connectivity index (χ4v) is 2.23. The van der Waals surface area contributed by atoms with Crippen LogP contribution >= 0.6 is 15.9 Å². The van der Waals surface area contributed by atoms with Gasteiger partial charge < -0.3 is 10.1 Å². The molecule has 116 valence electrons. The van der Waals surface area contributed by atoms with E-state index in [0.29, 0.717) is 11.7 Å². The van der Waals surface area contributed by atoms with Crippen LogP contribution in [0.2, 0.25) is 0 Å². The van der Waals surface area contributed by atoms with Gasteiger partial charge in [0.25, 0.3) is 5.91 Å². The third kappa shape index (κ3) is 4.60. The van der Waals surface area contributed by atoms with Crippen LogP contribution in [-0.4, -0.2) is 12.0 Å². The first-order chi connectivity index (χ1) is 10.5. The first-order valence-corrected chi connectivity index (χ1v) is 8.08. The molecule has 0 radical (unpaired) electrons. The Morgan fingerprint density at radius 1 is 1.00 bits per heavy atom. The zero-order valence-corrected chi connectivity index (χ0v) is 14.6. The minimum atomic E-state index is -0.564. The van der Waals surface area contributed by atoms with Crippen LogP contribution in [0.1, 0.15) is 32.3 Å². The minimum Gasteiger partial charge on any atom is -0.481 e. The molecular weight excluding hydrogens is 342 g/mol. The number of halogens is 1. The van der Waals surface area contributed by atoms with Crippen molar-refractivity contribution in [1.29, 1.82) is 0 Å². The summed E-state index contributed by atoms with van der Waals surface area (Å²) in [6.45, 7) is 6.02. The van der Waals surface area contributed by atoms with E-state index < -0.39 is 6.10 Å². The molecule has 2 aromatic carbocycles. The Balaban J connectivity index is 1.94. The molecule has 0 spiro atoms. The molecule has 0 heterocycles. The van der Waals surface area contributed by atoms with Crippen LogP contribution in [0.5, 0.6) is 5.75 Å². The molecule has 0 aliphatic heterocycles. The number of hydrogen-bond donors (Lipinski definition) is 1. The molecule has 2 aromatic rings. The lowest BCUT2D eigenvalue weighted by Gasteiger charge is -2.15. The lowest BCUT2D eigenvalue weighted by atomic mass is 10.0. The first kappa shape index (κ1) is 16.6. The number of carbonyl (C=O) groups excluding carboxylic acids is 1. The van der Waals surface area contributed by atoms with Gasteiger partial charge in [0.15, 0.2) is 6.10 Å². The molecule has 0 aromatic heterocycles. The van der Waals surface area contributed by atoms with Crippen molar-refractivity contribution in [2.45, 2.75) is 32.8 Å². The van der Waals surface area contributed by atoms with Gasteiger partial charge in [-0.3, -0.25) is 4.79 Å². The molecular formula is C18H20BrNO2. The molecule has 0 bridgehead atoms. The third-order valence-electron chi connectivity index (χ3n) is 3.34. The fourth-order valence-electron chi connectivity index (χ4n) is 1.97. The standard InChI is InChI=1S/C18H20BrNO2/c1-12(2)14-4-8-16(9-5-14)20-18(21)13(3)22-17-10-6-15(19)7-11-17/h4-13H,1-3H3,(H,20,21)/t13-/m1/s1. The highest BCUT2D eigenvalue weighted by Crippen LogP contribution is 2.19. The van der Waals surface area contributed by atoms with Crippen molar-refractivity contribution in [3.8, 4) is 5.75 Å². The predicted molar refractivity (Wildman–Crippen MR) is 93.4 cm³/mol. The van der Waals surface area contributed by atoms with E-state index in [-0.39, 0.29) is 5.91 Å². The summed E-state index contributed by atoms with van der Waals surface area (Å²) < 4.78 is 6.61. The number of nitrogens with one attached hydrogen (secondary N) is 1. The minimum absolute atomic E-state index is 0.166. The summed E-state index contributed by atoms with van der Waals surface area (Å²) in [7, 11) is 0. The highest BCUT2D eigenvalue weighted by molar-refractivity contribution is 9.10. The molecule has 0 aliphatic carbocycles. The maximum atomic E-state index is 12.2. The van der Waals surface area contributed by atoms with Crippen LogP contribution < -0.4 is 10.1 Å². The van der Waals surface area contributed by atoms with E-state index in [1.54, 1.807) is 6.92 Å². The van der Waals surface area contributed by atoms with E-state index in [1.165, 1.54) is 5.56 Å². The van der Waals surface area contributed by atoms with Crippen LogP contribution in [0.3, 0.4) is 0 Å². The number of benzene rings is 2. The Morgan fingerprint density at radius 3 is 2.14 bits per heavy atom. The smallest absolute Gasteiger partial charge is 0.265 e. The van der Waals surface area contributed by atoms with Gasteiger partial charge in [0.1, 0.15) is 5.75 Å². The van der Waals surface area contributed by atoms with Gasteiger partial charge in [-0.05, 0) is 54.8 Å². The number of amides is 1. The number of anilines is 1. The molecule has 3 nitrogen and oxygen atoms in total. The van der Waals surface area contributed by atoms with Gasteiger partial charge in [-0.1, -0.05) is 41.9 Å². The maximum Gasteiger partial charge on any atom is 0.265 e. The SMILES string of the molecule is CC(C)c1ccc(NC(=O)[C@@H](C)Oc2ccc(Br)cc2)cc1. The summed E-state index contributed by atoms with van der Waals surface area (Å²) in [4.78, 5) is 12.2. The molecule has 0 saturated carbocycles. The van der Waals surface area contributed by atoms with E-state index in [0.717, 1.165) is 10.2 Å². The third-order valence-corrected chi connectivity index (χ3v) is 3.87. The van der Waals surface area contributed by atoms with Crippen molar-refractivity contribution in [3.63, 3.8) is 0 Å². The second-order valence-electron chi connectivity index (χ2n) is 5.48. The number of hydrogen-bond acceptors (Lipinski definition) is 2. The summed E-state index contributed by atoms with van der Waals surface area (Å²) in [6.07, 6.45) is -0.564. The van der Waals surface area contributed by atoms with Crippen LogP contribution in [0.4, 0.5) is 5.69 Å². The van der Waals surface area contributed by atoms with Crippen molar-refractivity contribution in [1.82, 2.24) is 0 Å². The van der Waals surface area contributed by atoms with Gasteiger partial charge in [0.05, 0.1) is 0 Å². The molecule has 0 saturated heterocycles. The highest BCUT2D eigenvalue weighted by Gasteiger charge is 2.15. The quantitative estimate of drug-likeness (QED) is 0.815. The Bertz CT molecular complexity index is 621. The molecule has 0 unspecified atom stereocenters. The second kappa shape index (κ2) is 7.45. The van der Waals surface area contributed by atoms with Gasteiger partial charge in [0.2, 0.25) is 0 Å². The van der Waals surface area contributed by atoms with Crippen molar-refractivity contribution in [2.75, 3.05) is 5.32 Å². The molecule has 0 fully saturated rings. The summed E-state index contributed by atoms with van der Waals surface area (Å²) in [5.41, 5.74) is 2.03. The highest BCUT2D eigenvalue weighted by atomic mass is 79.9. The molecule has 0 aliphatic rings. The lowest BCUT2D eigenvalue weighted by molar-refractivity contribution is -0.122. The van der Waals surface area contributed by atoms with Gasteiger partial charge in [-0.2, -0.15) is 0 Å². The molecule has 22 heavy (non-hydrogen) atoms. The summed E-state index contributed by atoms with van der Waals surface area (Å²) in [5.74, 6) is 0.977. The van der Waals surface area contributed by atoms with Crippen molar-refractivity contribution < 1.29 is 9.53 Å². The molecule has 1 amide bonds. The summed E-state index contributed by atoms with van der Waals surface area (Å²) >= 11 is 3.37. The fraction of sp³-hybridized carbons (Fsp3) is 0.278. The van der Waals surface area contributed by atoms with E-state index in [9.17, 15) is 4.79 Å². The zero-order chi connectivity index (χ0) is 16.1. The van der Waals surface area contributed by atoms with Gasteiger partial charge in [0, 0.05) is 10.2 Å². The van der Waals surface area contributed by atoms with Gasteiger partial charge in [-0.15, -0.1) is 0 Å². The van der Waals surface area contributed by atoms with Crippen molar-refractivity contribution in [2.24, 2.45) is 0 Å². The number of ether oxygens (including phenoxy) is 1. The number of rotatable bonds is 5. The first-order valence-electron chi connectivity index (χ1n) is 7.29. The molecule has 1 N–H and O–H groups in total. The van der Waals surface area contributed by atoms with E-state index in [1.807, 2.05) is 48.5 Å².